The van der Waals surface area contributed by atoms with E-state index in [1.165, 1.54) is 0 Å². The number of aliphatic imine (C=N–C) groups is 2. The second-order valence-corrected chi connectivity index (χ2v) is 13.9. The predicted molar refractivity (Wildman–Crippen MR) is 179 cm³/mol. The summed E-state index contributed by atoms with van der Waals surface area (Å²) in [6.45, 7) is 16.7. The maximum absolute atomic E-state index is 6.25. The summed E-state index contributed by atoms with van der Waals surface area (Å²) in [7, 11) is 0. The lowest BCUT2D eigenvalue weighted by molar-refractivity contribution is 0.0618. The Balaban J connectivity index is 1.34. The summed E-state index contributed by atoms with van der Waals surface area (Å²) < 4.78 is 12.5. The molecule has 0 saturated carbocycles. The Kier molecular flexibility index (Phi) is 6.06. The molecule has 0 bridgehead atoms. The van der Waals surface area contributed by atoms with Crippen molar-refractivity contribution in [2.45, 2.75) is 77.7 Å². The third-order valence-corrected chi connectivity index (χ3v) is 9.88. The zero-order valence-corrected chi connectivity index (χ0v) is 26.7. The van der Waals surface area contributed by atoms with Crippen LogP contribution in [0.5, 0.6) is 0 Å². The predicted octanol–water partition coefficient (Wildman–Crippen LogP) is 8.79. The van der Waals surface area contributed by atoms with Crippen LogP contribution >= 0.6 is 0 Å². The molecule has 2 aliphatic heterocycles. The van der Waals surface area contributed by atoms with Gasteiger partial charge in [-0.05, 0) is 101 Å². The molecule has 0 atom stereocenters. The monoisotopic (exact) mass is 582 g/mol. The van der Waals surface area contributed by atoms with Gasteiger partial charge in [0.05, 0.1) is 33.6 Å². The first kappa shape index (κ1) is 28.2. The molecular formula is C38H38N4O2. The number of pyridine rings is 2. The summed E-state index contributed by atoms with van der Waals surface area (Å²) in [6.07, 6.45) is 3.75. The molecule has 3 aromatic carbocycles. The number of rotatable bonds is 4. The fraction of sp³-hybridized carbons (Fsp3) is 0.316. The first-order chi connectivity index (χ1) is 20.8. The zero-order chi connectivity index (χ0) is 31.1. The molecule has 2 aromatic heterocycles. The SMILES string of the molecule is CC1(C)N=C(c2ccc(-c3c4ccccc4c(-c4ccc(C5=NC(C)(C)C(C)(C)O5)cn4)c4ccccc34)nc2)OC1(C)C. The number of hydrogen-bond donors (Lipinski definition) is 0. The van der Waals surface area contributed by atoms with E-state index < -0.39 is 0 Å². The largest absolute Gasteiger partial charge is 0.469 e. The van der Waals surface area contributed by atoms with Gasteiger partial charge in [0.2, 0.25) is 11.8 Å². The molecule has 0 N–H and O–H groups in total. The van der Waals surface area contributed by atoms with E-state index in [1.807, 2.05) is 12.4 Å². The number of aromatic nitrogens is 2. The third kappa shape index (κ3) is 4.30. The van der Waals surface area contributed by atoms with Crippen LogP contribution in [0.2, 0.25) is 0 Å². The Morgan fingerprint density at radius 3 is 1.05 bits per heavy atom. The van der Waals surface area contributed by atoms with Crippen LogP contribution in [0.4, 0.5) is 0 Å². The highest BCUT2D eigenvalue weighted by molar-refractivity contribution is 6.20. The smallest absolute Gasteiger partial charge is 0.218 e. The average molecular weight is 583 g/mol. The molecule has 6 heteroatoms. The van der Waals surface area contributed by atoms with E-state index >= 15 is 0 Å². The van der Waals surface area contributed by atoms with Crippen LogP contribution in [0.15, 0.2) is 95.2 Å². The Bertz CT molecular complexity index is 1800. The van der Waals surface area contributed by atoms with Crippen molar-refractivity contribution in [3.05, 3.63) is 96.3 Å². The molecule has 6 nitrogen and oxygen atoms in total. The lowest BCUT2D eigenvalue weighted by atomic mass is 9.87. The van der Waals surface area contributed by atoms with Gasteiger partial charge in [0.25, 0.3) is 0 Å². The second kappa shape index (κ2) is 9.46. The Morgan fingerprint density at radius 2 is 0.795 bits per heavy atom. The first-order valence-electron chi connectivity index (χ1n) is 15.2. The van der Waals surface area contributed by atoms with E-state index in [4.69, 9.17) is 29.4 Å². The number of ether oxygens (including phenoxy) is 2. The average Bonchev–Trinajstić information content (AvgIpc) is 3.35. The second-order valence-electron chi connectivity index (χ2n) is 13.9. The maximum atomic E-state index is 6.25. The van der Waals surface area contributed by atoms with Crippen LogP contribution in [-0.2, 0) is 9.47 Å². The van der Waals surface area contributed by atoms with Crippen LogP contribution in [0, 0.1) is 0 Å². The highest BCUT2D eigenvalue weighted by Crippen LogP contribution is 2.43. The maximum Gasteiger partial charge on any atom is 0.218 e. The van der Waals surface area contributed by atoms with Crippen molar-refractivity contribution >= 4 is 33.3 Å². The number of fused-ring (bicyclic) bond motifs is 2. The quantitative estimate of drug-likeness (QED) is 0.199. The molecule has 0 aliphatic carbocycles. The van der Waals surface area contributed by atoms with Gasteiger partial charge < -0.3 is 9.47 Å². The van der Waals surface area contributed by atoms with E-state index in [1.54, 1.807) is 0 Å². The van der Waals surface area contributed by atoms with Gasteiger partial charge in [-0.2, -0.15) is 0 Å². The Labute approximate surface area is 258 Å². The summed E-state index contributed by atoms with van der Waals surface area (Å²) >= 11 is 0. The van der Waals surface area contributed by atoms with Gasteiger partial charge in [0.15, 0.2) is 0 Å². The first-order valence-corrected chi connectivity index (χ1v) is 15.2. The van der Waals surface area contributed by atoms with Crippen molar-refractivity contribution < 1.29 is 9.47 Å². The molecule has 0 unspecified atom stereocenters. The normalized spacial score (nSPS) is 19.4. The third-order valence-electron chi connectivity index (χ3n) is 9.88. The molecule has 5 aromatic rings. The molecule has 0 amide bonds. The van der Waals surface area contributed by atoms with Crippen LogP contribution in [0.25, 0.3) is 44.1 Å². The summed E-state index contributed by atoms with van der Waals surface area (Å²) in [4.78, 5) is 19.7. The summed E-state index contributed by atoms with van der Waals surface area (Å²) in [5, 5.41) is 4.49. The molecule has 0 radical (unpaired) electrons. The fourth-order valence-corrected chi connectivity index (χ4v) is 5.82. The molecule has 0 fully saturated rings. The lowest BCUT2D eigenvalue weighted by Crippen LogP contribution is -2.41. The van der Waals surface area contributed by atoms with Gasteiger partial charge in [0.1, 0.15) is 11.2 Å². The van der Waals surface area contributed by atoms with Crippen molar-refractivity contribution in [3.8, 4) is 22.5 Å². The molecular weight excluding hydrogens is 544 g/mol. The van der Waals surface area contributed by atoms with E-state index in [2.05, 4.69) is 128 Å². The zero-order valence-electron chi connectivity index (χ0n) is 26.7. The van der Waals surface area contributed by atoms with Gasteiger partial charge in [0, 0.05) is 23.5 Å². The highest BCUT2D eigenvalue weighted by Gasteiger charge is 2.46. The molecule has 4 heterocycles. The number of nitrogens with zero attached hydrogens (tertiary/aromatic N) is 4. The minimum Gasteiger partial charge on any atom is -0.469 e. The van der Waals surface area contributed by atoms with Gasteiger partial charge in [-0.15, -0.1) is 0 Å². The molecule has 222 valence electrons. The van der Waals surface area contributed by atoms with E-state index in [-0.39, 0.29) is 22.3 Å². The van der Waals surface area contributed by atoms with Crippen molar-refractivity contribution in [1.29, 1.82) is 0 Å². The van der Waals surface area contributed by atoms with Gasteiger partial charge in [-0.3, -0.25) is 9.97 Å². The molecule has 7 rings (SSSR count). The molecule has 0 saturated heterocycles. The Hall–Kier alpha value is -4.58. The van der Waals surface area contributed by atoms with Crippen molar-refractivity contribution in [1.82, 2.24) is 9.97 Å². The highest BCUT2D eigenvalue weighted by atomic mass is 16.5. The Morgan fingerprint density at radius 1 is 0.455 bits per heavy atom. The lowest BCUT2D eigenvalue weighted by Gasteiger charge is -2.30. The van der Waals surface area contributed by atoms with Crippen molar-refractivity contribution in [2.75, 3.05) is 0 Å². The van der Waals surface area contributed by atoms with Crippen LogP contribution in [0.1, 0.15) is 66.5 Å². The van der Waals surface area contributed by atoms with Crippen LogP contribution < -0.4 is 0 Å². The fourth-order valence-electron chi connectivity index (χ4n) is 5.82. The summed E-state index contributed by atoms with van der Waals surface area (Å²) in [6, 6.07) is 25.3. The number of benzene rings is 3. The standard InChI is InChI=1S/C38H38N4O2/c1-35(2)37(5,6)43-33(41-35)23-17-19-29(39-21-23)31-25-13-9-11-15-27(25)32(28-16-12-10-14-26(28)31)30-20-18-24(22-40-30)34-42-36(3,4)38(7,8)44-34/h9-22H,1-8H3. The summed E-state index contributed by atoms with van der Waals surface area (Å²) in [5.41, 5.74) is 4.33. The van der Waals surface area contributed by atoms with Crippen LogP contribution in [0.3, 0.4) is 0 Å². The molecule has 44 heavy (non-hydrogen) atoms. The minimum absolute atomic E-state index is 0.319. The van der Waals surface area contributed by atoms with E-state index in [9.17, 15) is 0 Å². The molecule has 0 spiro atoms. The molecule has 2 aliphatic rings. The van der Waals surface area contributed by atoms with Crippen molar-refractivity contribution in [3.63, 3.8) is 0 Å². The van der Waals surface area contributed by atoms with Gasteiger partial charge in [-0.25, -0.2) is 9.98 Å². The minimum atomic E-state index is -0.389. The number of hydrogen-bond acceptors (Lipinski definition) is 6. The van der Waals surface area contributed by atoms with Crippen molar-refractivity contribution in [2.24, 2.45) is 9.98 Å². The van der Waals surface area contributed by atoms with E-state index in [0.717, 1.165) is 55.2 Å². The van der Waals surface area contributed by atoms with E-state index in [0.29, 0.717) is 11.8 Å². The summed E-state index contributed by atoms with van der Waals surface area (Å²) in [5.74, 6) is 1.28. The van der Waals surface area contributed by atoms with Crippen LogP contribution in [-0.4, -0.2) is 44.0 Å². The topological polar surface area (TPSA) is 69.0 Å². The van der Waals surface area contributed by atoms with Gasteiger partial charge >= 0.3 is 0 Å². The van der Waals surface area contributed by atoms with Gasteiger partial charge in [-0.1, -0.05) is 48.5 Å².